The molecule has 0 aliphatic carbocycles. The van der Waals surface area contributed by atoms with E-state index in [1.54, 1.807) is 30.8 Å². The van der Waals surface area contributed by atoms with Crippen LogP contribution in [0.1, 0.15) is 28.7 Å². The Hall–Kier alpha value is -2.12. The molecule has 1 heterocycles. The highest BCUT2D eigenvalue weighted by Crippen LogP contribution is 2.34. The second-order valence-corrected chi connectivity index (χ2v) is 15.1. The lowest BCUT2D eigenvalue weighted by atomic mass is 10.1. The molecule has 1 aromatic heterocycles. The van der Waals surface area contributed by atoms with Crippen LogP contribution in [-0.4, -0.2) is 44.0 Å². The van der Waals surface area contributed by atoms with E-state index in [4.69, 9.17) is 21.0 Å². The number of hydrogen-bond donors (Lipinski definition) is 0. The van der Waals surface area contributed by atoms with Crippen LogP contribution in [0, 0.1) is 0 Å². The smallest absolute Gasteiger partial charge is 0.222 e. The Morgan fingerprint density at radius 2 is 1.88 bits per heavy atom. The molecule has 0 radical (unpaired) electrons. The first-order chi connectivity index (χ1) is 15.6. The highest BCUT2D eigenvalue weighted by molar-refractivity contribution is 7.99. The van der Waals surface area contributed by atoms with Crippen molar-refractivity contribution in [3.8, 4) is 0 Å². The van der Waals surface area contributed by atoms with Gasteiger partial charge >= 0.3 is 0 Å². The topological polar surface area (TPSA) is 42.4 Å². The normalized spacial score (nSPS) is 12.9. The minimum absolute atomic E-state index is 0.0964. The Morgan fingerprint density at radius 1 is 1.12 bits per heavy atom. The van der Waals surface area contributed by atoms with Crippen molar-refractivity contribution in [2.45, 2.75) is 31.5 Å². The Labute approximate surface area is 207 Å². The van der Waals surface area contributed by atoms with Gasteiger partial charge in [-0.05, 0) is 61.1 Å². The van der Waals surface area contributed by atoms with Crippen LogP contribution in [0.3, 0.4) is 0 Å². The number of carbonyl (C=O) groups excluding carboxylic acids is 1. The number of nitrogens with zero attached hydrogens (tertiary/aromatic N) is 2. The zero-order valence-electron chi connectivity index (χ0n) is 19.8. The first-order valence-corrected chi connectivity index (χ1v) is 15.8. The fourth-order valence-corrected chi connectivity index (χ4v) is 6.11. The summed E-state index contributed by atoms with van der Waals surface area (Å²) in [6, 6.07) is 18.2. The van der Waals surface area contributed by atoms with Crippen LogP contribution in [0.25, 0.3) is 23.1 Å². The standard InChI is InChI=1S/C26H31ClN2O2SSi/c1-29(2)25(30)15-16-32-26(31-33(3,4)5)21-8-6-7-19(17-21)9-13-23-14-11-20-10-12-22(27)18-24(20)28-23/h6-14,17-18,26H,15-16H2,1-5H3. The zero-order valence-corrected chi connectivity index (χ0v) is 22.4. The molecule has 3 aromatic rings. The average Bonchev–Trinajstić information content (AvgIpc) is 2.76. The number of pyridine rings is 1. The van der Waals surface area contributed by atoms with E-state index in [0.29, 0.717) is 11.4 Å². The van der Waals surface area contributed by atoms with Crippen molar-refractivity contribution in [3.05, 3.63) is 76.4 Å². The molecule has 1 amide bonds. The summed E-state index contributed by atoms with van der Waals surface area (Å²) < 4.78 is 6.47. The molecule has 0 saturated heterocycles. The van der Waals surface area contributed by atoms with E-state index in [1.165, 1.54) is 0 Å². The van der Waals surface area contributed by atoms with Crippen molar-refractivity contribution >= 4 is 60.6 Å². The van der Waals surface area contributed by atoms with Crippen LogP contribution in [0.4, 0.5) is 0 Å². The number of aromatic nitrogens is 1. The van der Waals surface area contributed by atoms with Gasteiger partial charge in [0, 0.05) is 36.7 Å². The molecule has 7 heteroatoms. The summed E-state index contributed by atoms with van der Waals surface area (Å²) in [6.45, 7) is 6.56. The fraction of sp³-hybridized carbons (Fsp3) is 0.308. The molecule has 1 atom stereocenters. The van der Waals surface area contributed by atoms with Crippen molar-refractivity contribution in [1.29, 1.82) is 0 Å². The summed E-state index contributed by atoms with van der Waals surface area (Å²) in [5.41, 5.74) is 3.85. The predicted octanol–water partition coefficient (Wildman–Crippen LogP) is 7.12. The highest BCUT2D eigenvalue weighted by atomic mass is 35.5. The maximum absolute atomic E-state index is 12.0. The zero-order chi connectivity index (χ0) is 24.0. The van der Waals surface area contributed by atoms with Crippen molar-refractivity contribution < 1.29 is 9.22 Å². The molecular weight excluding hydrogens is 468 g/mol. The van der Waals surface area contributed by atoms with Gasteiger partial charge in [0.15, 0.2) is 8.32 Å². The van der Waals surface area contributed by atoms with Crippen molar-refractivity contribution in [2.75, 3.05) is 19.8 Å². The fourth-order valence-electron chi connectivity index (χ4n) is 3.19. The van der Waals surface area contributed by atoms with Gasteiger partial charge in [-0.15, -0.1) is 11.8 Å². The summed E-state index contributed by atoms with van der Waals surface area (Å²) >= 11 is 7.80. The number of rotatable bonds is 9. The molecule has 33 heavy (non-hydrogen) atoms. The number of benzene rings is 2. The molecular formula is C26H31ClN2O2SSi. The van der Waals surface area contributed by atoms with E-state index in [1.807, 2.05) is 30.3 Å². The van der Waals surface area contributed by atoms with Gasteiger partial charge in [-0.2, -0.15) is 0 Å². The molecule has 0 aliphatic rings. The summed E-state index contributed by atoms with van der Waals surface area (Å²) in [4.78, 5) is 18.3. The molecule has 1 unspecified atom stereocenters. The highest BCUT2D eigenvalue weighted by Gasteiger charge is 2.23. The maximum Gasteiger partial charge on any atom is 0.222 e. The monoisotopic (exact) mass is 498 g/mol. The molecule has 0 aliphatic heterocycles. The van der Waals surface area contributed by atoms with Gasteiger partial charge in [0.25, 0.3) is 0 Å². The average molecular weight is 499 g/mol. The quantitative estimate of drug-likeness (QED) is 0.232. The number of amides is 1. The predicted molar refractivity (Wildman–Crippen MR) is 145 cm³/mol. The van der Waals surface area contributed by atoms with Gasteiger partial charge in [0.2, 0.25) is 5.91 Å². The Balaban J connectivity index is 1.77. The Morgan fingerprint density at radius 3 is 2.61 bits per heavy atom. The third-order valence-corrected chi connectivity index (χ3v) is 7.31. The van der Waals surface area contributed by atoms with Gasteiger partial charge in [0.1, 0.15) is 5.44 Å². The Bertz CT molecular complexity index is 1140. The molecule has 0 spiro atoms. The van der Waals surface area contributed by atoms with Gasteiger partial charge in [-0.25, -0.2) is 4.98 Å². The summed E-state index contributed by atoms with van der Waals surface area (Å²) in [6.07, 6.45) is 4.57. The molecule has 0 fully saturated rings. The maximum atomic E-state index is 12.0. The minimum Gasteiger partial charge on any atom is -0.402 e. The van der Waals surface area contributed by atoms with Crippen molar-refractivity contribution in [3.63, 3.8) is 0 Å². The summed E-state index contributed by atoms with van der Waals surface area (Å²) in [5.74, 6) is 0.852. The van der Waals surface area contributed by atoms with Crippen LogP contribution in [0.5, 0.6) is 0 Å². The molecule has 174 valence electrons. The number of hydrogen-bond acceptors (Lipinski definition) is 4. The van der Waals surface area contributed by atoms with E-state index in [0.717, 1.165) is 33.5 Å². The van der Waals surface area contributed by atoms with Gasteiger partial charge < -0.3 is 9.33 Å². The largest absolute Gasteiger partial charge is 0.402 e. The molecule has 0 bridgehead atoms. The second kappa shape index (κ2) is 11.3. The number of carbonyl (C=O) groups is 1. The minimum atomic E-state index is -1.78. The molecule has 4 nitrogen and oxygen atoms in total. The third-order valence-electron chi connectivity index (χ3n) is 4.85. The third kappa shape index (κ3) is 8.00. The summed E-state index contributed by atoms with van der Waals surface area (Å²) in [7, 11) is 1.80. The number of thioether (sulfide) groups is 1. The number of halogens is 1. The molecule has 0 saturated carbocycles. The van der Waals surface area contributed by atoms with Gasteiger partial charge in [-0.1, -0.05) is 48.0 Å². The molecule has 0 N–H and O–H groups in total. The lowest BCUT2D eigenvalue weighted by Crippen LogP contribution is -2.27. The van der Waals surface area contributed by atoms with Crippen molar-refractivity contribution in [1.82, 2.24) is 9.88 Å². The van der Waals surface area contributed by atoms with Crippen LogP contribution >= 0.6 is 23.4 Å². The van der Waals surface area contributed by atoms with Crippen LogP contribution in [0.15, 0.2) is 54.6 Å². The SMILES string of the molecule is CN(C)C(=O)CCSC(O[Si](C)(C)C)c1cccc(C=Cc2ccc3ccc(Cl)cc3n2)c1. The molecule has 2 aromatic carbocycles. The van der Waals surface area contributed by atoms with Gasteiger partial charge in [0.05, 0.1) is 11.2 Å². The Kier molecular flexibility index (Phi) is 8.76. The van der Waals surface area contributed by atoms with Crippen LogP contribution in [0.2, 0.25) is 24.7 Å². The lowest BCUT2D eigenvalue weighted by molar-refractivity contribution is -0.128. The lowest BCUT2D eigenvalue weighted by Gasteiger charge is -2.26. The van der Waals surface area contributed by atoms with Crippen LogP contribution < -0.4 is 0 Å². The second-order valence-electron chi connectivity index (χ2n) is 9.05. The van der Waals surface area contributed by atoms with E-state index < -0.39 is 8.32 Å². The summed E-state index contributed by atoms with van der Waals surface area (Å²) in [5, 5.41) is 1.75. The van der Waals surface area contributed by atoms with E-state index in [-0.39, 0.29) is 11.3 Å². The van der Waals surface area contributed by atoms with E-state index >= 15 is 0 Å². The number of fused-ring (bicyclic) bond motifs is 1. The first kappa shape index (κ1) is 25.5. The van der Waals surface area contributed by atoms with Crippen molar-refractivity contribution in [2.24, 2.45) is 0 Å². The van der Waals surface area contributed by atoms with Gasteiger partial charge in [-0.3, -0.25) is 4.79 Å². The first-order valence-electron chi connectivity index (χ1n) is 10.9. The van der Waals surface area contributed by atoms with Crippen LogP contribution in [-0.2, 0) is 9.22 Å². The van der Waals surface area contributed by atoms with E-state index in [2.05, 4.69) is 56.0 Å². The van der Waals surface area contributed by atoms with E-state index in [9.17, 15) is 4.79 Å². The molecule has 3 rings (SSSR count).